The lowest BCUT2D eigenvalue weighted by molar-refractivity contribution is -0.117. The fourth-order valence-electron chi connectivity index (χ4n) is 1.69. The van der Waals surface area contributed by atoms with Crippen LogP contribution in [0.2, 0.25) is 0 Å². The number of hydrogen-bond acceptors (Lipinski definition) is 2. The largest absolute Gasteiger partial charge is 0.299 e. The number of aromatic nitrogens is 1. The van der Waals surface area contributed by atoms with Crippen LogP contribution in [0.25, 0.3) is 0 Å². The van der Waals surface area contributed by atoms with E-state index in [-0.39, 0.29) is 24.2 Å². The third kappa shape index (κ3) is 2.97. The van der Waals surface area contributed by atoms with Crippen LogP contribution < -0.4 is 0 Å². The number of nitrogens with zero attached hydrogens (tertiary/aromatic N) is 1. The highest BCUT2D eigenvalue weighted by Gasteiger charge is 2.13. The minimum atomic E-state index is -0.686. The molecular formula is C14H11F2NO. The molecule has 0 radical (unpaired) electrons. The van der Waals surface area contributed by atoms with Gasteiger partial charge < -0.3 is 0 Å². The molecule has 1 heterocycles. The highest BCUT2D eigenvalue weighted by molar-refractivity contribution is 5.83. The Morgan fingerprint density at radius 1 is 1.06 bits per heavy atom. The first kappa shape index (κ1) is 12.4. The van der Waals surface area contributed by atoms with Crippen LogP contribution in [-0.4, -0.2) is 10.8 Å². The normalized spacial score (nSPS) is 10.3. The number of halogens is 2. The van der Waals surface area contributed by atoms with E-state index in [0.717, 1.165) is 17.7 Å². The van der Waals surface area contributed by atoms with Crippen LogP contribution in [0.4, 0.5) is 8.78 Å². The van der Waals surface area contributed by atoms with Gasteiger partial charge in [-0.2, -0.15) is 0 Å². The summed E-state index contributed by atoms with van der Waals surface area (Å²) in [7, 11) is 0. The van der Waals surface area contributed by atoms with Crippen molar-refractivity contribution in [2.45, 2.75) is 12.8 Å². The molecule has 0 fully saturated rings. The lowest BCUT2D eigenvalue weighted by Crippen LogP contribution is -2.09. The van der Waals surface area contributed by atoms with Crippen LogP contribution in [0.1, 0.15) is 11.1 Å². The maximum Gasteiger partial charge on any atom is 0.141 e. The Morgan fingerprint density at radius 2 is 1.78 bits per heavy atom. The second-order valence-electron chi connectivity index (χ2n) is 3.95. The molecule has 18 heavy (non-hydrogen) atoms. The number of carbonyl (C=O) groups is 1. The average Bonchev–Trinajstić information content (AvgIpc) is 2.35. The molecule has 0 saturated carbocycles. The number of pyridine rings is 1. The summed E-state index contributed by atoms with van der Waals surface area (Å²) in [6.07, 6.45) is 3.05. The number of benzene rings is 1. The molecule has 2 rings (SSSR count). The van der Waals surface area contributed by atoms with Crippen LogP contribution in [0.15, 0.2) is 42.7 Å². The Balaban J connectivity index is 2.08. The van der Waals surface area contributed by atoms with E-state index < -0.39 is 11.6 Å². The lowest BCUT2D eigenvalue weighted by atomic mass is 10.0. The standard InChI is InChI=1S/C14H11F2NO/c15-13-4-1-5-14(16)12(13)8-11(18)7-10-3-2-6-17-9-10/h1-6,9H,7-8H2. The molecule has 0 saturated heterocycles. The van der Waals surface area contributed by atoms with Gasteiger partial charge >= 0.3 is 0 Å². The van der Waals surface area contributed by atoms with E-state index in [9.17, 15) is 13.6 Å². The first-order valence-corrected chi connectivity index (χ1v) is 5.50. The van der Waals surface area contributed by atoms with Crippen molar-refractivity contribution in [3.05, 3.63) is 65.5 Å². The quantitative estimate of drug-likeness (QED) is 0.831. The zero-order valence-electron chi connectivity index (χ0n) is 9.57. The number of rotatable bonds is 4. The van der Waals surface area contributed by atoms with Gasteiger partial charge in [0.15, 0.2) is 0 Å². The van der Waals surface area contributed by atoms with Gasteiger partial charge in [-0.3, -0.25) is 9.78 Å². The van der Waals surface area contributed by atoms with Crippen LogP contribution in [0.5, 0.6) is 0 Å². The van der Waals surface area contributed by atoms with Crippen molar-refractivity contribution in [3.8, 4) is 0 Å². The molecule has 4 heteroatoms. The van der Waals surface area contributed by atoms with Crippen molar-refractivity contribution in [2.24, 2.45) is 0 Å². The van der Waals surface area contributed by atoms with Crippen molar-refractivity contribution in [1.82, 2.24) is 4.98 Å². The van der Waals surface area contributed by atoms with E-state index in [1.165, 1.54) is 6.07 Å². The first-order valence-electron chi connectivity index (χ1n) is 5.50. The summed E-state index contributed by atoms with van der Waals surface area (Å²) in [5.74, 6) is -1.61. The summed E-state index contributed by atoms with van der Waals surface area (Å²) < 4.78 is 26.7. The van der Waals surface area contributed by atoms with Crippen molar-refractivity contribution >= 4 is 5.78 Å². The van der Waals surface area contributed by atoms with Gasteiger partial charge in [-0.05, 0) is 23.8 Å². The van der Waals surface area contributed by atoms with Gasteiger partial charge in [-0.25, -0.2) is 8.78 Å². The second-order valence-corrected chi connectivity index (χ2v) is 3.95. The van der Waals surface area contributed by atoms with Gasteiger partial charge in [0, 0.05) is 30.8 Å². The van der Waals surface area contributed by atoms with Crippen LogP contribution in [0.3, 0.4) is 0 Å². The molecule has 0 aliphatic carbocycles. The molecule has 2 aromatic rings. The first-order chi connectivity index (χ1) is 8.66. The van der Waals surface area contributed by atoms with Crippen molar-refractivity contribution in [3.63, 3.8) is 0 Å². The van der Waals surface area contributed by atoms with Crippen LogP contribution in [0, 0.1) is 11.6 Å². The molecule has 0 spiro atoms. The van der Waals surface area contributed by atoms with E-state index in [1.807, 2.05) is 0 Å². The Labute approximate surface area is 103 Å². The number of carbonyl (C=O) groups excluding carboxylic acids is 1. The Morgan fingerprint density at radius 3 is 2.39 bits per heavy atom. The molecule has 0 unspecified atom stereocenters. The SMILES string of the molecule is O=C(Cc1cccnc1)Cc1c(F)cccc1F. The maximum absolute atomic E-state index is 13.3. The minimum absolute atomic E-state index is 0.127. The summed E-state index contributed by atoms with van der Waals surface area (Å²) in [5.41, 5.74) is 0.561. The molecule has 0 aliphatic heterocycles. The third-order valence-corrected chi connectivity index (χ3v) is 2.56. The minimum Gasteiger partial charge on any atom is -0.299 e. The molecule has 92 valence electrons. The zero-order valence-corrected chi connectivity index (χ0v) is 9.57. The molecule has 2 nitrogen and oxygen atoms in total. The van der Waals surface area contributed by atoms with Gasteiger partial charge in [-0.15, -0.1) is 0 Å². The van der Waals surface area contributed by atoms with Crippen LogP contribution >= 0.6 is 0 Å². The number of Topliss-reactive ketones (excluding diaryl/α,β-unsaturated/α-hetero) is 1. The summed E-state index contributed by atoms with van der Waals surface area (Å²) in [6.45, 7) is 0. The Hall–Kier alpha value is -2.10. The van der Waals surface area contributed by atoms with Crippen molar-refractivity contribution in [2.75, 3.05) is 0 Å². The molecule has 1 aromatic heterocycles. The Bertz CT molecular complexity index is 535. The lowest BCUT2D eigenvalue weighted by Gasteiger charge is -2.04. The van der Waals surface area contributed by atoms with E-state index >= 15 is 0 Å². The monoisotopic (exact) mass is 247 g/mol. The van der Waals surface area contributed by atoms with E-state index in [2.05, 4.69) is 4.98 Å². The average molecular weight is 247 g/mol. The topological polar surface area (TPSA) is 30.0 Å². The summed E-state index contributed by atoms with van der Waals surface area (Å²) in [5, 5.41) is 0. The van der Waals surface area contributed by atoms with Crippen molar-refractivity contribution < 1.29 is 13.6 Å². The molecule has 0 atom stereocenters. The summed E-state index contributed by atoms with van der Waals surface area (Å²) >= 11 is 0. The van der Waals surface area contributed by atoms with E-state index in [4.69, 9.17) is 0 Å². The summed E-state index contributed by atoms with van der Waals surface area (Å²) in [4.78, 5) is 15.6. The number of ketones is 1. The number of hydrogen-bond donors (Lipinski definition) is 0. The summed E-state index contributed by atoms with van der Waals surface area (Å²) in [6, 6.07) is 7.04. The second kappa shape index (κ2) is 5.49. The molecule has 0 amide bonds. The predicted octanol–water partition coefficient (Wildman–Crippen LogP) is 2.71. The smallest absolute Gasteiger partial charge is 0.141 e. The molecule has 1 aromatic carbocycles. The molecule has 0 N–H and O–H groups in total. The fourth-order valence-corrected chi connectivity index (χ4v) is 1.69. The highest BCUT2D eigenvalue weighted by Crippen LogP contribution is 2.13. The molecule has 0 bridgehead atoms. The van der Waals surface area contributed by atoms with Crippen LogP contribution in [-0.2, 0) is 17.6 Å². The van der Waals surface area contributed by atoms with Gasteiger partial charge in [0.25, 0.3) is 0 Å². The van der Waals surface area contributed by atoms with Gasteiger partial charge in [-0.1, -0.05) is 12.1 Å². The van der Waals surface area contributed by atoms with Crippen molar-refractivity contribution in [1.29, 1.82) is 0 Å². The van der Waals surface area contributed by atoms with Gasteiger partial charge in [0.1, 0.15) is 17.4 Å². The highest BCUT2D eigenvalue weighted by atomic mass is 19.1. The molecule has 0 aliphatic rings. The predicted molar refractivity (Wildman–Crippen MR) is 63.0 cm³/mol. The van der Waals surface area contributed by atoms with E-state index in [0.29, 0.717) is 0 Å². The maximum atomic E-state index is 13.3. The van der Waals surface area contributed by atoms with Gasteiger partial charge in [0.2, 0.25) is 0 Å². The van der Waals surface area contributed by atoms with Gasteiger partial charge in [0.05, 0.1) is 0 Å². The Kier molecular flexibility index (Phi) is 3.77. The fraction of sp³-hybridized carbons (Fsp3) is 0.143. The van der Waals surface area contributed by atoms with E-state index in [1.54, 1.807) is 24.5 Å². The zero-order chi connectivity index (χ0) is 13.0. The molecular weight excluding hydrogens is 236 g/mol. The third-order valence-electron chi connectivity index (χ3n) is 2.56.